The molecule has 7 heteroatoms. The fourth-order valence-corrected chi connectivity index (χ4v) is 1.95. The van der Waals surface area contributed by atoms with Crippen molar-refractivity contribution in [3.05, 3.63) is 33.9 Å². The lowest BCUT2D eigenvalue weighted by Crippen LogP contribution is -2.24. The van der Waals surface area contributed by atoms with Crippen LogP contribution in [0.25, 0.3) is 0 Å². The summed E-state index contributed by atoms with van der Waals surface area (Å²) in [6, 6.07) is 4.36. The molecule has 0 bridgehead atoms. The average molecular weight is 280 g/mol. The van der Waals surface area contributed by atoms with Gasteiger partial charge in [0.25, 0.3) is 5.69 Å². The Balaban J connectivity index is 3.08. The minimum absolute atomic E-state index is 0.0858. The van der Waals surface area contributed by atoms with Crippen LogP contribution in [0.3, 0.4) is 0 Å². The van der Waals surface area contributed by atoms with Crippen molar-refractivity contribution in [2.75, 3.05) is 18.5 Å². The number of amidine groups is 1. The molecule has 7 nitrogen and oxygen atoms in total. The summed E-state index contributed by atoms with van der Waals surface area (Å²) in [5.41, 5.74) is 6.59. The average Bonchev–Trinajstić information content (AvgIpc) is 2.45. The molecule has 1 rings (SSSR count). The molecule has 110 valence electrons. The minimum atomic E-state index is -0.505. The number of nitro groups is 1. The van der Waals surface area contributed by atoms with E-state index in [1.807, 2.05) is 11.9 Å². The topological polar surface area (TPSA) is 105 Å². The van der Waals surface area contributed by atoms with E-state index in [4.69, 9.17) is 10.9 Å². The molecule has 0 aliphatic rings. The van der Waals surface area contributed by atoms with Gasteiger partial charge in [0, 0.05) is 31.4 Å². The van der Waals surface area contributed by atoms with Crippen LogP contribution < -0.4 is 10.6 Å². The summed E-state index contributed by atoms with van der Waals surface area (Å²) >= 11 is 0. The minimum Gasteiger partial charge on any atom is -0.409 e. The quantitative estimate of drug-likeness (QED) is 0.199. The van der Waals surface area contributed by atoms with Crippen molar-refractivity contribution in [3.8, 4) is 0 Å². The number of rotatable bonds is 7. The van der Waals surface area contributed by atoms with Gasteiger partial charge < -0.3 is 15.8 Å². The number of oxime groups is 1. The van der Waals surface area contributed by atoms with E-state index < -0.39 is 4.92 Å². The Morgan fingerprint density at radius 2 is 2.20 bits per heavy atom. The molecule has 20 heavy (non-hydrogen) atoms. The molecule has 1 aromatic carbocycles. The second-order valence-corrected chi connectivity index (χ2v) is 4.57. The summed E-state index contributed by atoms with van der Waals surface area (Å²) in [6.07, 6.45) is 3.23. The van der Waals surface area contributed by atoms with E-state index in [0.717, 1.165) is 25.8 Å². The number of unbranched alkanes of at least 4 members (excludes halogenated alkanes) is 2. The molecule has 1 aromatic rings. The monoisotopic (exact) mass is 280 g/mol. The number of anilines is 1. The highest BCUT2D eigenvalue weighted by Gasteiger charge is 2.16. The Kier molecular flexibility index (Phi) is 5.76. The van der Waals surface area contributed by atoms with Crippen molar-refractivity contribution in [1.29, 1.82) is 0 Å². The highest BCUT2D eigenvalue weighted by atomic mass is 16.6. The number of benzene rings is 1. The number of hydrogen-bond acceptors (Lipinski definition) is 5. The Labute approximate surface area is 117 Å². The molecule has 0 heterocycles. The van der Waals surface area contributed by atoms with Gasteiger partial charge in [-0.25, -0.2) is 0 Å². The van der Waals surface area contributed by atoms with Crippen molar-refractivity contribution in [2.24, 2.45) is 10.9 Å². The van der Waals surface area contributed by atoms with Crippen molar-refractivity contribution in [1.82, 2.24) is 0 Å². The third-order valence-corrected chi connectivity index (χ3v) is 3.08. The third-order valence-electron chi connectivity index (χ3n) is 3.08. The van der Waals surface area contributed by atoms with Crippen molar-refractivity contribution in [2.45, 2.75) is 26.2 Å². The van der Waals surface area contributed by atoms with Gasteiger partial charge in [-0.15, -0.1) is 0 Å². The molecule has 3 N–H and O–H groups in total. The van der Waals surface area contributed by atoms with Crippen LogP contribution in [0.15, 0.2) is 23.4 Å². The number of hydrogen-bond donors (Lipinski definition) is 2. The molecule has 0 amide bonds. The van der Waals surface area contributed by atoms with Crippen LogP contribution in [-0.4, -0.2) is 29.6 Å². The molecular formula is C13H20N4O3. The predicted molar refractivity (Wildman–Crippen MR) is 78.4 cm³/mol. The van der Waals surface area contributed by atoms with Gasteiger partial charge in [0.1, 0.15) is 0 Å². The van der Waals surface area contributed by atoms with Crippen molar-refractivity contribution >= 4 is 17.2 Å². The fraction of sp³-hybridized carbons (Fsp3) is 0.462. The first kappa shape index (κ1) is 15.7. The summed E-state index contributed by atoms with van der Waals surface area (Å²) in [5, 5.41) is 22.6. The van der Waals surface area contributed by atoms with E-state index in [9.17, 15) is 10.1 Å². The van der Waals surface area contributed by atoms with Gasteiger partial charge in [-0.3, -0.25) is 10.1 Å². The molecule has 0 unspecified atom stereocenters. The first-order valence-corrected chi connectivity index (χ1v) is 6.48. The van der Waals surface area contributed by atoms with Gasteiger partial charge in [0.2, 0.25) is 0 Å². The highest BCUT2D eigenvalue weighted by Crippen LogP contribution is 2.25. The first-order chi connectivity index (χ1) is 9.51. The van der Waals surface area contributed by atoms with Gasteiger partial charge in [-0.05, 0) is 12.5 Å². The van der Waals surface area contributed by atoms with E-state index >= 15 is 0 Å². The van der Waals surface area contributed by atoms with Crippen LogP contribution in [0, 0.1) is 10.1 Å². The molecule has 0 aliphatic carbocycles. The predicted octanol–water partition coefficient (Wildman–Crippen LogP) is 2.32. The lowest BCUT2D eigenvalue weighted by molar-refractivity contribution is -0.384. The lowest BCUT2D eigenvalue weighted by Gasteiger charge is -2.21. The SMILES string of the molecule is CCCCCN(C)c1ccc([N+](=O)[O-])cc1C(N)=NO. The second kappa shape index (κ2) is 7.32. The molecule has 0 aliphatic heterocycles. The normalized spacial score (nSPS) is 11.4. The fourth-order valence-electron chi connectivity index (χ4n) is 1.95. The zero-order valence-corrected chi connectivity index (χ0v) is 11.7. The Bertz CT molecular complexity index is 502. The van der Waals surface area contributed by atoms with E-state index in [0.29, 0.717) is 11.3 Å². The van der Waals surface area contributed by atoms with E-state index in [1.165, 1.54) is 12.1 Å². The van der Waals surface area contributed by atoms with Gasteiger partial charge >= 0.3 is 0 Å². The van der Waals surface area contributed by atoms with Crippen LogP contribution in [0.4, 0.5) is 11.4 Å². The maximum absolute atomic E-state index is 10.8. The standard InChI is InChI=1S/C13H20N4O3/c1-3-4-5-8-16(2)12-7-6-10(17(19)20)9-11(12)13(14)15-18/h6-7,9,18H,3-5,8H2,1-2H3,(H2,14,15). The number of nitrogens with two attached hydrogens (primary N) is 1. The van der Waals surface area contributed by atoms with Crippen molar-refractivity contribution in [3.63, 3.8) is 0 Å². The van der Waals surface area contributed by atoms with Gasteiger partial charge in [-0.2, -0.15) is 0 Å². The molecule has 0 spiro atoms. The summed E-state index contributed by atoms with van der Waals surface area (Å²) in [6.45, 7) is 2.92. The lowest BCUT2D eigenvalue weighted by atomic mass is 10.1. The van der Waals surface area contributed by atoms with E-state index in [-0.39, 0.29) is 11.5 Å². The summed E-state index contributed by atoms with van der Waals surface area (Å²) in [5.74, 6) is -0.133. The molecule has 0 saturated carbocycles. The van der Waals surface area contributed by atoms with Crippen LogP contribution in [-0.2, 0) is 0 Å². The second-order valence-electron chi connectivity index (χ2n) is 4.57. The molecule has 0 saturated heterocycles. The van der Waals surface area contributed by atoms with Crippen LogP contribution in [0.2, 0.25) is 0 Å². The summed E-state index contributed by atoms with van der Waals surface area (Å²) < 4.78 is 0. The Morgan fingerprint density at radius 3 is 2.75 bits per heavy atom. The molecule has 0 atom stereocenters. The van der Waals surface area contributed by atoms with Crippen LogP contribution >= 0.6 is 0 Å². The molecule has 0 aromatic heterocycles. The zero-order valence-electron chi connectivity index (χ0n) is 11.7. The molecular weight excluding hydrogens is 260 g/mol. The number of nitro benzene ring substituents is 1. The maximum Gasteiger partial charge on any atom is 0.270 e. The third kappa shape index (κ3) is 3.84. The van der Waals surface area contributed by atoms with Crippen LogP contribution in [0.5, 0.6) is 0 Å². The number of nitrogens with zero attached hydrogens (tertiary/aromatic N) is 3. The zero-order chi connectivity index (χ0) is 15.1. The van der Waals surface area contributed by atoms with Gasteiger partial charge in [-0.1, -0.05) is 24.9 Å². The van der Waals surface area contributed by atoms with E-state index in [2.05, 4.69) is 12.1 Å². The van der Waals surface area contributed by atoms with E-state index in [1.54, 1.807) is 6.07 Å². The van der Waals surface area contributed by atoms with Gasteiger partial charge in [0.05, 0.1) is 10.5 Å². The van der Waals surface area contributed by atoms with Crippen LogP contribution in [0.1, 0.15) is 31.7 Å². The van der Waals surface area contributed by atoms with Gasteiger partial charge in [0.15, 0.2) is 5.84 Å². The summed E-state index contributed by atoms with van der Waals surface area (Å²) in [7, 11) is 1.88. The molecule has 0 radical (unpaired) electrons. The number of non-ortho nitro benzene ring substituents is 1. The molecule has 0 fully saturated rings. The first-order valence-electron chi connectivity index (χ1n) is 6.48. The maximum atomic E-state index is 10.8. The smallest absolute Gasteiger partial charge is 0.270 e. The summed E-state index contributed by atoms with van der Waals surface area (Å²) in [4.78, 5) is 12.3. The van der Waals surface area contributed by atoms with Crippen molar-refractivity contribution < 1.29 is 10.1 Å². The largest absolute Gasteiger partial charge is 0.409 e. The Morgan fingerprint density at radius 1 is 1.50 bits per heavy atom. The Hall–Kier alpha value is -2.31. The highest BCUT2D eigenvalue weighted by molar-refractivity contribution is 6.02.